The number of imidazole rings is 1. The number of rotatable bonds is 14. The molecule has 0 radical (unpaired) electrons. The number of sulfonamides is 1. The van der Waals surface area contributed by atoms with Crippen LogP contribution in [0.25, 0.3) is 22.4 Å². The van der Waals surface area contributed by atoms with Crippen LogP contribution in [0, 0.1) is 5.41 Å². The number of hydrogen-bond donors (Lipinski definition) is 3. The molecule has 7 rings (SSSR count). The summed E-state index contributed by atoms with van der Waals surface area (Å²) in [6.07, 6.45) is 4.98. The highest BCUT2D eigenvalue weighted by atomic mass is 32.2. The second-order valence-corrected chi connectivity index (χ2v) is 16.5. The van der Waals surface area contributed by atoms with Gasteiger partial charge in [-0.05, 0) is 68.7 Å². The van der Waals surface area contributed by atoms with E-state index in [9.17, 15) is 31.2 Å². The highest BCUT2D eigenvalue weighted by molar-refractivity contribution is 7.90. The average Bonchev–Trinajstić information content (AvgIpc) is 4.05. The van der Waals surface area contributed by atoms with E-state index in [0.717, 1.165) is 31.7 Å². The molecule has 0 spiro atoms. The molecule has 2 amide bonds. The molecule has 4 heterocycles. The van der Waals surface area contributed by atoms with Crippen molar-refractivity contribution in [1.82, 2.24) is 29.6 Å². The number of carbonyl (C=O) groups excluding carboxylic acids is 2. The normalized spacial score (nSPS) is 17.2. The van der Waals surface area contributed by atoms with Gasteiger partial charge in [0, 0.05) is 56.4 Å². The molecule has 13 nitrogen and oxygen atoms in total. The van der Waals surface area contributed by atoms with Crippen molar-refractivity contribution < 1.29 is 35.9 Å². The van der Waals surface area contributed by atoms with Crippen molar-refractivity contribution in [3.05, 3.63) is 59.2 Å². The van der Waals surface area contributed by atoms with Gasteiger partial charge >= 0.3 is 6.18 Å². The van der Waals surface area contributed by atoms with Crippen LogP contribution in [0.2, 0.25) is 0 Å². The molecule has 0 bridgehead atoms. The summed E-state index contributed by atoms with van der Waals surface area (Å²) in [5, 5.41) is 2.20. The molecule has 282 valence electrons. The van der Waals surface area contributed by atoms with Crippen LogP contribution >= 0.6 is 0 Å². The third kappa shape index (κ3) is 8.30. The van der Waals surface area contributed by atoms with Crippen molar-refractivity contribution in [2.45, 2.75) is 81.6 Å². The Morgan fingerprint density at radius 1 is 1.06 bits per heavy atom. The number of aromatic nitrogens is 5. The number of halogens is 3. The lowest BCUT2D eigenvalue weighted by Gasteiger charge is -2.34. The molecule has 3 N–H and O–H groups in total. The summed E-state index contributed by atoms with van der Waals surface area (Å²) in [6.45, 7) is 1.17. The molecule has 17 heteroatoms. The van der Waals surface area contributed by atoms with E-state index in [4.69, 9.17) is 4.74 Å². The minimum Gasteiger partial charge on any atom is -0.384 e. The third-order valence-corrected chi connectivity index (χ3v) is 12.0. The number of alkyl halides is 3. The number of carbonyl (C=O) groups is 2. The summed E-state index contributed by atoms with van der Waals surface area (Å²) < 4.78 is 74.3. The van der Waals surface area contributed by atoms with E-state index < -0.39 is 38.8 Å². The van der Waals surface area contributed by atoms with Gasteiger partial charge in [0.25, 0.3) is 5.91 Å². The molecular weight excluding hydrogens is 714 g/mol. The number of methoxy groups -OCH3 is 1. The maximum Gasteiger partial charge on any atom is 0.418 e. The maximum atomic E-state index is 14.2. The van der Waals surface area contributed by atoms with Crippen molar-refractivity contribution in [3.8, 4) is 11.3 Å². The monoisotopic (exact) mass is 754 g/mol. The molecule has 0 saturated heterocycles. The Bertz CT molecular complexity index is 2130. The van der Waals surface area contributed by atoms with Gasteiger partial charge in [0.2, 0.25) is 21.9 Å². The van der Waals surface area contributed by atoms with Crippen LogP contribution in [-0.4, -0.2) is 77.7 Å². The quantitative estimate of drug-likeness (QED) is 0.144. The Morgan fingerprint density at radius 3 is 2.45 bits per heavy atom. The standard InChI is InChI=1S/C36H41F3N8O5S/c1-47(19-35(20-52-2)13-3-4-14-35)28-16-27(23-15-25(36(37,38)39)30(41-18-23)22-7-8-22)42-32-31(28)43-34(44-32)45-33(49)26-11-5-21(17-40-26)6-12-29(48)46-53(50,51)24-9-10-24/h5,11,15-18,22,24H,3-4,6-10,12-14,19-20H2,1-2H3,(H,46,48)(H2,42,43,44,45,49). The van der Waals surface area contributed by atoms with Gasteiger partial charge in [0.05, 0.1) is 34.5 Å². The van der Waals surface area contributed by atoms with Gasteiger partial charge in [-0.15, -0.1) is 0 Å². The van der Waals surface area contributed by atoms with E-state index >= 15 is 0 Å². The number of ether oxygens (including phenoxy) is 1. The Hall–Kier alpha value is -4.64. The maximum absolute atomic E-state index is 14.2. The minimum atomic E-state index is -4.58. The number of anilines is 2. The van der Waals surface area contributed by atoms with E-state index in [1.54, 1.807) is 19.2 Å². The molecule has 3 saturated carbocycles. The fourth-order valence-electron chi connectivity index (χ4n) is 7.18. The van der Waals surface area contributed by atoms with E-state index in [0.29, 0.717) is 55.6 Å². The van der Waals surface area contributed by atoms with Gasteiger partial charge in [-0.3, -0.25) is 29.6 Å². The number of amides is 2. The molecule has 53 heavy (non-hydrogen) atoms. The van der Waals surface area contributed by atoms with Crippen LogP contribution in [0.4, 0.5) is 24.8 Å². The molecule has 0 aliphatic heterocycles. The molecule has 0 aromatic carbocycles. The van der Waals surface area contributed by atoms with E-state index in [1.165, 1.54) is 18.5 Å². The topological polar surface area (TPSA) is 172 Å². The molecular formula is C36H41F3N8O5S. The minimum absolute atomic E-state index is 0.0543. The first kappa shape index (κ1) is 36.7. The molecule has 3 aliphatic rings. The van der Waals surface area contributed by atoms with E-state index in [2.05, 4.69) is 35.0 Å². The number of aromatic amines is 1. The van der Waals surface area contributed by atoms with Crippen molar-refractivity contribution in [3.63, 3.8) is 0 Å². The second kappa shape index (κ2) is 14.3. The van der Waals surface area contributed by atoms with Crippen LogP contribution in [0.5, 0.6) is 0 Å². The Balaban J connectivity index is 1.14. The van der Waals surface area contributed by atoms with Crippen LogP contribution in [0.3, 0.4) is 0 Å². The zero-order chi connectivity index (χ0) is 37.5. The highest BCUT2D eigenvalue weighted by Crippen LogP contribution is 2.46. The predicted octanol–water partition coefficient (Wildman–Crippen LogP) is 5.75. The predicted molar refractivity (Wildman–Crippen MR) is 191 cm³/mol. The summed E-state index contributed by atoms with van der Waals surface area (Å²) in [5.41, 5.74) is 1.65. The van der Waals surface area contributed by atoms with Gasteiger partial charge in [0.15, 0.2) is 5.65 Å². The number of aryl methyl sites for hydroxylation is 1. The van der Waals surface area contributed by atoms with Crippen LogP contribution in [0.15, 0.2) is 36.7 Å². The summed E-state index contributed by atoms with van der Waals surface area (Å²) >= 11 is 0. The van der Waals surface area contributed by atoms with E-state index in [1.807, 2.05) is 11.9 Å². The Kier molecular flexibility index (Phi) is 9.91. The number of nitrogens with one attached hydrogen (secondary N) is 3. The average molecular weight is 755 g/mol. The molecule has 4 aromatic heterocycles. The van der Waals surface area contributed by atoms with Gasteiger partial charge in [-0.2, -0.15) is 18.2 Å². The fraction of sp³-hybridized carbons (Fsp3) is 0.500. The number of hydrogen-bond acceptors (Lipinski definition) is 10. The first-order valence-corrected chi connectivity index (χ1v) is 19.3. The van der Waals surface area contributed by atoms with Crippen LogP contribution in [-0.2, 0) is 32.2 Å². The van der Waals surface area contributed by atoms with Crippen LogP contribution in [0.1, 0.15) is 91.0 Å². The first-order chi connectivity index (χ1) is 25.2. The smallest absolute Gasteiger partial charge is 0.384 e. The lowest BCUT2D eigenvalue weighted by molar-refractivity contribution is -0.138. The molecule has 4 aromatic rings. The zero-order valence-electron chi connectivity index (χ0n) is 29.4. The van der Waals surface area contributed by atoms with Gasteiger partial charge in [-0.25, -0.2) is 13.4 Å². The SMILES string of the molecule is COCC1(CN(C)c2cc(-c3cnc(C4CC4)c(C(F)(F)F)c3)nc3nc(NC(=O)c4ccc(CCC(=O)NS(=O)(=O)C5CC5)cn4)[nH]c23)CCCC1. The Labute approximate surface area is 304 Å². The van der Waals surface area contributed by atoms with Crippen molar-refractivity contribution in [2.24, 2.45) is 5.41 Å². The number of H-pyrrole nitrogens is 1. The lowest BCUT2D eigenvalue weighted by Crippen LogP contribution is -2.37. The summed E-state index contributed by atoms with van der Waals surface area (Å²) in [4.78, 5) is 48.2. The van der Waals surface area contributed by atoms with Crippen molar-refractivity contribution >= 4 is 44.6 Å². The largest absolute Gasteiger partial charge is 0.418 e. The number of nitrogens with zero attached hydrogens (tertiary/aromatic N) is 5. The van der Waals surface area contributed by atoms with Crippen molar-refractivity contribution in [1.29, 1.82) is 0 Å². The highest BCUT2D eigenvalue weighted by Gasteiger charge is 2.40. The molecule has 0 atom stereocenters. The zero-order valence-corrected chi connectivity index (χ0v) is 30.2. The van der Waals surface area contributed by atoms with Crippen molar-refractivity contribution in [2.75, 3.05) is 37.5 Å². The third-order valence-electron chi connectivity index (χ3n) is 10.2. The Morgan fingerprint density at radius 2 is 1.81 bits per heavy atom. The fourth-order valence-corrected chi connectivity index (χ4v) is 8.52. The first-order valence-electron chi connectivity index (χ1n) is 17.7. The lowest BCUT2D eigenvalue weighted by atomic mass is 9.86. The van der Waals surface area contributed by atoms with Crippen LogP contribution < -0.4 is 14.9 Å². The molecule has 3 fully saturated rings. The second-order valence-electron chi connectivity index (χ2n) is 14.5. The summed E-state index contributed by atoms with van der Waals surface area (Å²) in [6, 6.07) is 5.93. The van der Waals surface area contributed by atoms with E-state index in [-0.39, 0.29) is 58.4 Å². The number of pyridine rings is 3. The van der Waals surface area contributed by atoms with Gasteiger partial charge in [-0.1, -0.05) is 18.9 Å². The van der Waals surface area contributed by atoms with Gasteiger partial charge < -0.3 is 14.6 Å². The number of fused-ring (bicyclic) bond motifs is 1. The van der Waals surface area contributed by atoms with Gasteiger partial charge in [0.1, 0.15) is 11.2 Å². The summed E-state index contributed by atoms with van der Waals surface area (Å²) in [5.74, 6) is -1.32. The molecule has 3 aliphatic carbocycles. The summed E-state index contributed by atoms with van der Waals surface area (Å²) in [7, 11) is -0.0431. The molecule has 0 unspecified atom stereocenters.